The average molecular weight is 409 g/mol. The molecule has 2 heterocycles. The second-order valence-electron chi connectivity index (χ2n) is 8.72. The van der Waals surface area contributed by atoms with E-state index in [2.05, 4.69) is 9.80 Å². The quantitative estimate of drug-likeness (QED) is 0.464. The van der Waals surface area contributed by atoms with Gasteiger partial charge in [-0.1, -0.05) is 46.0 Å². The Labute approximate surface area is 178 Å². The summed E-state index contributed by atoms with van der Waals surface area (Å²) in [5.41, 5.74) is 0. The second-order valence-corrected chi connectivity index (χ2v) is 8.72. The van der Waals surface area contributed by atoms with Crippen LogP contribution in [0.3, 0.4) is 0 Å². The van der Waals surface area contributed by atoms with Crippen LogP contribution in [0.25, 0.3) is 0 Å². The van der Waals surface area contributed by atoms with Gasteiger partial charge in [0, 0.05) is 39.0 Å². The van der Waals surface area contributed by atoms with Crippen LogP contribution in [0, 0.1) is 0 Å². The standard InChI is InChI=1S/C23H44N4O2/c1-3-22(28)26-18-12-16-24(20-26)14-10-8-6-5-7-9-11-15-25-17-13-19-27(21-25)23(29)4-2/h3-21H2,1-2H3. The van der Waals surface area contributed by atoms with Crippen molar-refractivity contribution >= 4 is 11.8 Å². The molecule has 0 N–H and O–H groups in total. The van der Waals surface area contributed by atoms with Gasteiger partial charge in [0.1, 0.15) is 0 Å². The van der Waals surface area contributed by atoms with Gasteiger partial charge < -0.3 is 9.80 Å². The van der Waals surface area contributed by atoms with Gasteiger partial charge in [-0.3, -0.25) is 19.4 Å². The second kappa shape index (κ2) is 14.0. The van der Waals surface area contributed by atoms with Crippen molar-refractivity contribution in [1.82, 2.24) is 19.6 Å². The van der Waals surface area contributed by atoms with Crippen molar-refractivity contribution in [1.29, 1.82) is 0 Å². The van der Waals surface area contributed by atoms with Crippen LogP contribution >= 0.6 is 0 Å². The summed E-state index contributed by atoms with van der Waals surface area (Å²) in [6.07, 6.45) is 12.6. The van der Waals surface area contributed by atoms with E-state index in [4.69, 9.17) is 0 Å². The number of amides is 2. The smallest absolute Gasteiger partial charge is 0.223 e. The highest BCUT2D eigenvalue weighted by molar-refractivity contribution is 5.76. The predicted molar refractivity (Wildman–Crippen MR) is 118 cm³/mol. The lowest BCUT2D eigenvalue weighted by molar-refractivity contribution is -0.135. The number of carbonyl (C=O) groups excluding carboxylic acids is 2. The summed E-state index contributed by atoms with van der Waals surface area (Å²) in [6.45, 7) is 12.0. The minimum atomic E-state index is 0.295. The molecule has 0 unspecified atom stereocenters. The third-order valence-electron chi connectivity index (χ3n) is 6.31. The van der Waals surface area contributed by atoms with Gasteiger partial charge in [-0.15, -0.1) is 0 Å². The van der Waals surface area contributed by atoms with Gasteiger partial charge in [0.2, 0.25) is 11.8 Å². The van der Waals surface area contributed by atoms with Gasteiger partial charge in [0.15, 0.2) is 0 Å². The van der Waals surface area contributed by atoms with E-state index in [-0.39, 0.29) is 0 Å². The van der Waals surface area contributed by atoms with Gasteiger partial charge >= 0.3 is 0 Å². The van der Waals surface area contributed by atoms with Crippen molar-refractivity contribution < 1.29 is 9.59 Å². The van der Waals surface area contributed by atoms with Gasteiger partial charge in [0.25, 0.3) is 0 Å². The molecule has 0 aliphatic carbocycles. The monoisotopic (exact) mass is 408 g/mol. The van der Waals surface area contributed by atoms with E-state index in [1.807, 2.05) is 23.6 Å². The van der Waals surface area contributed by atoms with Crippen molar-refractivity contribution in [3.63, 3.8) is 0 Å². The Hall–Kier alpha value is -1.14. The van der Waals surface area contributed by atoms with E-state index in [9.17, 15) is 9.59 Å². The molecule has 0 saturated carbocycles. The van der Waals surface area contributed by atoms with Crippen LogP contribution in [0.2, 0.25) is 0 Å². The zero-order chi connectivity index (χ0) is 20.9. The van der Waals surface area contributed by atoms with E-state index < -0.39 is 0 Å². The van der Waals surface area contributed by atoms with Crippen LogP contribution in [-0.4, -0.2) is 84.0 Å². The average Bonchev–Trinajstić information content (AvgIpc) is 2.77. The maximum Gasteiger partial charge on any atom is 0.223 e. The molecule has 0 aromatic heterocycles. The van der Waals surface area contributed by atoms with Crippen LogP contribution in [-0.2, 0) is 9.59 Å². The molecule has 2 rings (SSSR count). The van der Waals surface area contributed by atoms with Gasteiger partial charge in [0.05, 0.1) is 13.3 Å². The zero-order valence-corrected chi connectivity index (χ0v) is 19.0. The minimum Gasteiger partial charge on any atom is -0.330 e. The number of hydrogen-bond acceptors (Lipinski definition) is 4. The normalized spacial score (nSPS) is 19.0. The maximum absolute atomic E-state index is 11.9. The van der Waals surface area contributed by atoms with Gasteiger partial charge in [-0.25, -0.2) is 0 Å². The first-order valence-corrected chi connectivity index (χ1v) is 12.1. The molecule has 0 radical (unpaired) electrons. The van der Waals surface area contributed by atoms with E-state index >= 15 is 0 Å². The molecule has 168 valence electrons. The number of nitrogens with zero attached hydrogens (tertiary/aromatic N) is 4. The molecule has 2 amide bonds. The van der Waals surface area contributed by atoms with Gasteiger partial charge in [-0.2, -0.15) is 0 Å². The molecule has 2 fully saturated rings. The van der Waals surface area contributed by atoms with Crippen molar-refractivity contribution in [3.8, 4) is 0 Å². The highest BCUT2D eigenvalue weighted by Gasteiger charge is 2.20. The highest BCUT2D eigenvalue weighted by Crippen LogP contribution is 2.13. The zero-order valence-electron chi connectivity index (χ0n) is 19.0. The lowest BCUT2D eigenvalue weighted by atomic mass is 10.1. The summed E-state index contributed by atoms with van der Waals surface area (Å²) in [7, 11) is 0. The molecular weight excluding hydrogens is 364 g/mol. The third kappa shape index (κ3) is 9.04. The molecule has 2 aliphatic rings. The molecule has 0 aromatic rings. The highest BCUT2D eigenvalue weighted by atomic mass is 16.2. The maximum atomic E-state index is 11.9. The Balaban J connectivity index is 1.42. The minimum absolute atomic E-state index is 0.295. The van der Waals surface area contributed by atoms with E-state index in [1.165, 1.54) is 44.9 Å². The van der Waals surface area contributed by atoms with Crippen molar-refractivity contribution in [2.75, 3.05) is 52.6 Å². The fourth-order valence-corrected chi connectivity index (χ4v) is 4.51. The lowest BCUT2D eigenvalue weighted by Crippen LogP contribution is -2.47. The fourth-order valence-electron chi connectivity index (χ4n) is 4.51. The van der Waals surface area contributed by atoms with Crippen molar-refractivity contribution in [2.45, 2.75) is 84.5 Å². The SMILES string of the molecule is CCC(=O)N1CCCN(CCCCCCCCCN2CCCN(C(=O)CC)C2)C1. The molecule has 0 spiro atoms. The summed E-state index contributed by atoms with van der Waals surface area (Å²) in [5.74, 6) is 0.591. The molecular formula is C23H44N4O2. The first-order valence-electron chi connectivity index (χ1n) is 12.1. The topological polar surface area (TPSA) is 47.1 Å². The summed E-state index contributed by atoms with van der Waals surface area (Å²) < 4.78 is 0. The van der Waals surface area contributed by atoms with E-state index in [0.29, 0.717) is 24.7 Å². The first kappa shape index (κ1) is 24.1. The molecule has 6 nitrogen and oxygen atoms in total. The Morgan fingerprint density at radius 3 is 1.34 bits per heavy atom. The molecule has 0 bridgehead atoms. The van der Waals surface area contributed by atoms with Crippen LogP contribution in [0.5, 0.6) is 0 Å². The van der Waals surface area contributed by atoms with Crippen molar-refractivity contribution in [3.05, 3.63) is 0 Å². The third-order valence-corrected chi connectivity index (χ3v) is 6.31. The largest absolute Gasteiger partial charge is 0.330 e. The molecule has 0 atom stereocenters. The number of rotatable bonds is 12. The van der Waals surface area contributed by atoms with Crippen LogP contribution in [0.1, 0.15) is 84.5 Å². The predicted octanol–water partition coefficient (Wildman–Crippen LogP) is 3.52. The van der Waals surface area contributed by atoms with Crippen molar-refractivity contribution in [2.24, 2.45) is 0 Å². The lowest BCUT2D eigenvalue weighted by Gasteiger charge is -2.35. The Morgan fingerprint density at radius 2 is 0.966 bits per heavy atom. The number of carbonyl (C=O) groups is 2. The summed E-state index contributed by atoms with van der Waals surface area (Å²) in [6, 6.07) is 0. The molecule has 2 saturated heterocycles. The Kier molecular flexibility index (Phi) is 11.6. The number of unbranched alkanes of at least 4 members (excludes halogenated alkanes) is 6. The summed E-state index contributed by atoms with van der Waals surface area (Å²) in [4.78, 5) is 32.6. The van der Waals surface area contributed by atoms with Crippen LogP contribution in [0.4, 0.5) is 0 Å². The molecule has 0 aromatic carbocycles. The number of hydrogen-bond donors (Lipinski definition) is 0. The van der Waals surface area contributed by atoms with Gasteiger partial charge in [-0.05, 0) is 38.8 Å². The Bertz CT molecular complexity index is 443. The summed E-state index contributed by atoms with van der Waals surface area (Å²) in [5, 5.41) is 0. The van der Waals surface area contributed by atoms with E-state index in [0.717, 1.165) is 65.4 Å². The fraction of sp³-hybridized carbons (Fsp3) is 0.913. The van der Waals surface area contributed by atoms with Crippen LogP contribution < -0.4 is 0 Å². The van der Waals surface area contributed by atoms with Crippen LogP contribution in [0.15, 0.2) is 0 Å². The molecule has 29 heavy (non-hydrogen) atoms. The first-order chi connectivity index (χ1) is 14.1. The summed E-state index contributed by atoms with van der Waals surface area (Å²) >= 11 is 0. The molecule has 2 aliphatic heterocycles. The molecule has 6 heteroatoms. The Morgan fingerprint density at radius 1 is 0.586 bits per heavy atom. The van der Waals surface area contributed by atoms with E-state index in [1.54, 1.807) is 0 Å².